The molecular weight excluding hydrogens is 533 g/mol. The Morgan fingerprint density at radius 3 is 2.62 bits per heavy atom. The number of carbonyl (C=O) groups is 1. The van der Waals surface area contributed by atoms with Crippen molar-refractivity contribution in [2.75, 3.05) is 22.8 Å². The van der Waals surface area contributed by atoms with E-state index in [1.54, 1.807) is 4.72 Å². The van der Waals surface area contributed by atoms with Gasteiger partial charge in [0.25, 0.3) is 5.13 Å². The van der Waals surface area contributed by atoms with Crippen LogP contribution >= 0.6 is 11.3 Å². The number of sulfonamides is 1. The molecule has 204 valence electrons. The molecule has 0 spiro atoms. The second-order valence-electron chi connectivity index (χ2n) is 8.93. The number of esters is 1. The van der Waals surface area contributed by atoms with Gasteiger partial charge in [0.05, 0.1) is 12.3 Å². The van der Waals surface area contributed by atoms with Crippen molar-refractivity contribution in [2.24, 2.45) is 16.1 Å². The maximum atomic E-state index is 13.2. The molecule has 2 aromatic rings. The second-order valence-corrected chi connectivity index (χ2v) is 11.6. The van der Waals surface area contributed by atoms with Crippen LogP contribution in [0.15, 0.2) is 22.4 Å². The van der Waals surface area contributed by atoms with E-state index in [2.05, 4.69) is 25.3 Å². The summed E-state index contributed by atoms with van der Waals surface area (Å²) in [4.78, 5) is 14.2. The van der Waals surface area contributed by atoms with Gasteiger partial charge in [0, 0.05) is 18.3 Å². The highest BCUT2D eigenvalue weighted by atomic mass is 32.2. The average molecular weight is 563 g/mol. The monoisotopic (exact) mass is 562 g/mol. The number of aromatic nitrogens is 2. The Morgan fingerprint density at radius 2 is 2.00 bits per heavy atom. The van der Waals surface area contributed by atoms with Crippen molar-refractivity contribution in [1.29, 1.82) is 0 Å². The number of fused-ring (bicyclic) bond motifs is 1. The number of rotatable bonds is 10. The van der Waals surface area contributed by atoms with Crippen molar-refractivity contribution in [2.45, 2.75) is 64.9 Å². The summed E-state index contributed by atoms with van der Waals surface area (Å²) in [5.74, 6) is -0.554. The normalized spacial score (nSPS) is 16.3. The maximum Gasteiger partial charge on any atom is 0.516 e. The van der Waals surface area contributed by atoms with Crippen LogP contribution < -0.4 is 9.62 Å². The number of anilines is 2. The molecule has 0 saturated carbocycles. The molecule has 0 fully saturated rings. The Bertz CT molecular complexity index is 1250. The van der Waals surface area contributed by atoms with Crippen molar-refractivity contribution >= 4 is 49.5 Å². The van der Waals surface area contributed by atoms with Crippen molar-refractivity contribution in [3.05, 3.63) is 22.7 Å². The molecule has 1 aliphatic heterocycles. The Kier molecular flexibility index (Phi) is 9.10. The molecule has 0 saturated heterocycles. The van der Waals surface area contributed by atoms with Crippen LogP contribution in [0.4, 0.5) is 35.4 Å². The summed E-state index contributed by atoms with van der Waals surface area (Å²) in [6.07, 6.45) is 3.13. The van der Waals surface area contributed by atoms with Crippen LogP contribution in [-0.4, -0.2) is 49.3 Å². The third kappa shape index (κ3) is 6.94. The Hall–Kier alpha value is -2.81. The van der Waals surface area contributed by atoms with Crippen molar-refractivity contribution in [3.8, 4) is 0 Å². The zero-order chi connectivity index (χ0) is 27.4. The first-order valence-electron chi connectivity index (χ1n) is 11.8. The number of ether oxygens (including phenoxy) is 1. The molecule has 1 aliphatic rings. The lowest BCUT2D eigenvalue weighted by Gasteiger charge is -2.39. The highest BCUT2D eigenvalue weighted by Crippen LogP contribution is 2.41. The molecule has 0 amide bonds. The molecule has 1 unspecified atom stereocenters. The average Bonchev–Trinajstić information content (AvgIpc) is 3.30. The molecule has 37 heavy (non-hydrogen) atoms. The van der Waals surface area contributed by atoms with E-state index in [4.69, 9.17) is 4.74 Å². The number of hydrogen-bond donors (Lipinski definition) is 1. The fraction of sp³-hybridized carbons (Fsp3) is 0.591. The van der Waals surface area contributed by atoms with Crippen LogP contribution in [0.3, 0.4) is 0 Å². The molecule has 1 N–H and O–H groups in total. The number of carbonyl (C=O) groups excluding carboxylic acids is 1. The smallest absolute Gasteiger partial charge is 0.460 e. The lowest BCUT2D eigenvalue weighted by atomic mass is 9.93. The molecule has 0 bridgehead atoms. The Morgan fingerprint density at radius 1 is 1.27 bits per heavy atom. The number of nitrogens with one attached hydrogen (secondary N) is 1. The minimum absolute atomic E-state index is 0.0440. The molecule has 0 aliphatic carbocycles. The highest BCUT2D eigenvalue weighted by molar-refractivity contribution is 7.93. The van der Waals surface area contributed by atoms with Gasteiger partial charge >= 0.3 is 21.5 Å². The minimum Gasteiger partial charge on any atom is -0.460 e. The van der Waals surface area contributed by atoms with E-state index < -0.39 is 21.5 Å². The third-order valence-electron chi connectivity index (χ3n) is 5.56. The molecule has 1 aromatic heterocycles. The van der Waals surface area contributed by atoms with E-state index in [0.29, 0.717) is 18.7 Å². The van der Waals surface area contributed by atoms with E-state index in [-0.39, 0.29) is 40.1 Å². The molecule has 0 radical (unpaired) electrons. The zero-order valence-corrected chi connectivity index (χ0v) is 22.5. The quantitative estimate of drug-likeness (QED) is 0.279. The van der Waals surface area contributed by atoms with Crippen LogP contribution in [0.5, 0.6) is 0 Å². The van der Waals surface area contributed by atoms with Gasteiger partial charge in [-0.2, -0.15) is 21.6 Å². The summed E-state index contributed by atoms with van der Waals surface area (Å²) in [6.45, 7) is 8.63. The Labute approximate surface area is 217 Å². The summed E-state index contributed by atoms with van der Waals surface area (Å²) in [6, 6.07) is 3.09. The van der Waals surface area contributed by atoms with Gasteiger partial charge in [0.2, 0.25) is 5.01 Å². The zero-order valence-electron chi connectivity index (χ0n) is 20.9. The van der Waals surface area contributed by atoms with Crippen LogP contribution in [0.1, 0.15) is 62.3 Å². The molecule has 15 heteroatoms. The molecule has 1 aromatic carbocycles. The number of alkyl halides is 3. The fourth-order valence-corrected chi connectivity index (χ4v) is 4.97. The van der Waals surface area contributed by atoms with Crippen molar-refractivity contribution < 1.29 is 31.1 Å². The molecule has 10 nitrogen and oxygen atoms in total. The van der Waals surface area contributed by atoms with E-state index in [1.165, 1.54) is 12.1 Å². The second kappa shape index (κ2) is 11.7. The third-order valence-corrected chi connectivity index (χ3v) is 7.44. The number of halogens is 3. The summed E-state index contributed by atoms with van der Waals surface area (Å²) in [5, 5.41) is 15.2. The first kappa shape index (κ1) is 28.8. The summed E-state index contributed by atoms with van der Waals surface area (Å²) in [5.41, 5.74) is -4.52. The van der Waals surface area contributed by atoms with Crippen LogP contribution in [0.25, 0.3) is 0 Å². The van der Waals surface area contributed by atoms with E-state index in [0.717, 1.165) is 36.2 Å². The highest BCUT2D eigenvalue weighted by Gasteiger charge is 2.46. The lowest BCUT2D eigenvalue weighted by Crippen LogP contribution is -2.39. The first-order valence-corrected chi connectivity index (χ1v) is 14.1. The van der Waals surface area contributed by atoms with E-state index >= 15 is 0 Å². The van der Waals surface area contributed by atoms with Gasteiger partial charge in [-0.05, 0) is 49.3 Å². The topological polar surface area (TPSA) is 126 Å². The summed E-state index contributed by atoms with van der Waals surface area (Å²) in [7, 11) is -5.71. The number of benzene rings is 1. The van der Waals surface area contributed by atoms with Crippen molar-refractivity contribution in [1.82, 2.24) is 10.2 Å². The minimum atomic E-state index is -5.71. The number of aryl methyl sites for hydroxylation is 1. The Balaban J connectivity index is 1.99. The maximum absolute atomic E-state index is 13.2. The van der Waals surface area contributed by atoms with Gasteiger partial charge in [0.1, 0.15) is 5.69 Å². The van der Waals surface area contributed by atoms with Gasteiger partial charge in [-0.25, -0.2) is 4.79 Å². The largest absolute Gasteiger partial charge is 0.516 e. The fourth-order valence-electron chi connectivity index (χ4n) is 3.84. The standard InChI is InChI=1S/C22H29F3N6O4S2/c1-5-9-31-15(6-2)8-7-14-10-16(17(11-18(14)31)30-37(33,34)22(23,24)25)26-28-21-29-27-19(36-21)20(32)35-12-13(3)4/h10-11,13,15,30H,5-9,12H2,1-4H3. The first-order chi connectivity index (χ1) is 17.4. The molecule has 2 heterocycles. The predicted molar refractivity (Wildman–Crippen MR) is 134 cm³/mol. The van der Waals surface area contributed by atoms with Crippen LogP contribution in [-0.2, 0) is 21.2 Å². The van der Waals surface area contributed by atoms with Gasteiger partial charge < -0.3 is 9.64 Å². The van der Waals surface area contributed by atoms with Gasteiger partial charge in [-0.1, -0.05) is 39.0 Å². The molecule has 3 rings (SSSR count). The lowest BCUT2D eigenvalue weighted by molar-refractivity contribution is -0.0429. The van der Waals surface area contributed by atoms with Crippen LogP contribution in [0, 0.1) is 5.92 Å². The number of hydrogen-bond acceptors (Lipinski definition) is 10. The van der Waals surface area contributed by atoms with Gasteiger partial charge in [-0.3, -0.25) is 4.72 Å². The van der Waals surface area contributed by atoms with Gasteiger partial charge in [-0.15, -0.1) is 20.4 Å². The number of azo groups is 1. The van der Waals surface area contributed by atoms with Crippen molar-refractivity contribution in [3.63, 3.8) is 0 Å². The van der Waals surface area contributed by atoms with E-state index in [9.17, 15) is 26.4 Å². The predicted octanol–water partition coefficient (Wildman–Crippen LogP) is 5.97. The summed E-state index contributed by atoms with van der Waals surface area (Å²) >= 11 is 0.790. The molecule has 1 atom stereocenters. The van der Waals surface area contributed by atoms with Gasteiger partial charge in [0.15, 0.2) is 0 Å². The van der Waals surface area contributed by atoms with E-state index in [1.807, 2.05) is 27.7 Å². The SMILES string of the molecule is CCCN1c2cc(NS(=O)(=O)C(F)(F)F)c(N=Nc3nnc(C(=O)OCC(C)C)s3)cc2CCC1CC. The van der Waals surface area contributed by atoms with Crippen LogP contribution in [0.2, 0.25) is 0 Å². The summed E-state index contributed by atoms with van der Waals surface area (Å²) < 4.78 is 70.1. The molecular formula is C22H29F3N6O4S2. The number of nitrogens with zero attached hydrogens (tertiary/aromatic N) is 5.